The number of carbonyl (C=O) groups is 1. The van der Waals surface area contributed by atoms with Crippen molar-refractivity contribution < 1.29 is 4.79 Å². The number of likely N-dealkylation sites (tertiary alicyclic amines) is 1. The summed E-state index contributed by atoms with van der Waals surface area (Å²) in [6.45, 7) is 6.06. The van der Waals surface area contributed by atoms with Crippen LogP contribution in [0.15, 0.2) is 36.8 Å². The van der Waals surface area contributed by atoms with Gasteiger partial charge < -0.3 is 4.90 Å². The Kier molecular flexibility index (Phi) is 6.17. The van der Waals surface area contributed by atoms with Crippen LogP contribution in [0.1, 0.15) is 47.2 Å². The molecular formula is C25H29ClN6O. The number of nitrogens with zero attached hydrogens (tertiary/aromatic N) is 6. The Balaban J connectivity index is 1.48. The van der Waals surface area contributed by atoms with Gasteiger partial charge in [0.05, 0.1) is 17.5 Å². The molecule has 8 heteroatoms. The smallest absolute Gasteiger partial charge is 0.203 e. The van der Waals surface area contributed by atoms with Gasteiger partial charge in [0.15, 0.2) is 0 Å². The van der Waals surface area contributed by atoms with Crippen LogP contribution in [0.25, 0.3) is 11.3 Å². The Hall–Kier alpha value is -2.77. The van der Waals surface area contributed by atoms with Crippen molar-refractivity contribution in [2.24, 2.45) is 7.05 Å². The first-order valence-electron chi connectivity index (χ1n) is 11.7. The molecule has 33 heavy (non-hydrogen) atoms. The molecule has 0 saturated carbocycles. The van der Waals surface area contributed by atoms with Gasteiger partial charge in [-0.05, 0) is 39.3 Å². The van der Waals surface area contributed by atoms with Crippen LogP contribution >= 0.6 is 11.6 Å². The van der Waals surface area contributed by atoms with Crippen molar-refractivity contribution in [3.05, 3.63) is 58.6 Å². The van der Waals surface area contributed by atoms with Crippen LogP contribution in [-0.2, 0) is 7.05 Å². The molecule has 1 aromatic carbocycles. The second-order valence-electron chi connectivity index (χ2n) is 9.07. The van der Waals surface area contributed by atoms with E-state index in [1.807, 2.05) is 38.2 Å². The van der Waals surface area contributed by atoms with E-state index in [9.17, 15) is 4.79 Å². The zero-order valence-corrected chi connectivity index (χ0v) is 19.9. The van der Waals surface area contributed by atoms with E-state index < -0.39 is 0 Å². The topological polar surface area (TPSA) is 67.2 Å². The molecule has 2 aliphatic rings. The molecule has 0 aliphatic carbocycles. The standard InChI is InChI=1S/C25H29ClN6O/c1-17-6-8-18(9-7-17)22-20(14-29-30(22)2)23(33)21-24(26)27-16-28-25(21)32-13-10-19(15-32)31-11-4-3-5-12-31/h6-9,14,16,19H,3-5,10-13,15H2,1-2H3/t19-/m0/s1. The van der Waals surface area contributed by atoms with Gasteiger partial charge in [0.25, 0.3) is 0 Å². The number of aryl methyl sites for hydroxylation is 2. The first kappa shape index (κ1) is 22.0. The van der Waals surface area contributed by atoms with Gasteiger partial charge in [-0.25, -0.2) is 9.97 Å². The largest absolute Gasteiger partial charge is 0.354 e. The van der Waals surface area contributed by atoms with Gasteiger partial charge >= 0.3 is 0 Å². The Morgan fingerprint density at radius 2 is 1.82 bits per heavy atom. The number of piperidine rings is 1. The van der Waals surface area contributed by atoms with Gasteiger partial charge in [0.2, 0.25) is 5.78 Å². The molecule has 3 aromatic rings. The minimum absolute atomic E-state index is 0.185. The maximum absolute atomic E-state index is 13.8. The highest BCUT2D eigenvalue weighted by Crippen LogP contribution is 2.33. The van der Waals surface area contributed by atoms with E-state index in [4.69, 9.17) is 11.6 Å². The third-order valence-electron chi connectivity index (χ3n) is 6.89. The molecule has 2 saturated heterocycles. The highest BCUT2D eigenvalue weighted by atomic mass is 35.5. The lowest BCUT2D eigenvalue weighted by molar-refractivity contribution is 0.103. The summed E-state index contributed by atoms with van der Waals surface area (Å²) in [6.07, 6.45) is 7.99. The zero-order chi connectivity index (χ0) is 22.9. The molecule has 7 nitrogen and oxygen atoms in total. The minimum atomic E-state index is -0.194. The van der Waals surface area contributed by atoms with Crippen LogP contribution in [0, 0.1) is 6.92 Å². The van der Waals surface area contributed by atoms with Crippen molar-refractivity contribution in [2.75, 3.05) is 31.1 Å². The van der Waals surface area contributed by atoms with E-state index >= 15 is 0 Å². The summed E-state index contributed by atoms with van der Waals surface area (Å²) in [6, 6.07) is 8.58. The van der Waals surface area contributed by atoms with Gasteiger partial charge in [0, 0.05) is 31.7 Å². The molecule has 0 radical (unpaired) electrons. The first-order chi connectivity index (χ1) is 16.0. The fourth-order valence-corrected chi connectivity index (χ4v) is 5.31. The van der Waals surface area contributed by atoms with Crippen molar-refractivity contribution in [1.82, 2.24) is 24.6 Å². The van der Waals surface area contributed by atoms with E-state index in [-0.39, 0.29) is 10.9 Å². The summed E-state index contributed by atoms with van der Waals surface area (Å²) in [5, 5.41) is 4.57. The van der Waals surface area contributed by atoms with Crippen LogP contribution in [0.5, 0.6) is 0 Å². The summed E-state index contributed by atoms with van der Waals surface area (Å²) in [4.78, 5) is 27.3. The number of benzene rings is 1. The molecule has 0 unspecified atom stereocenters. The van der Waals surface area contributed by atoms with Crippen molar-refractivity contribution in [1.29, 1.82) is 0 Å². The summed E-state index contributed by atoms with van der Waals surface area (Å²) < 4.78 is 1.73. The Morgan fingerprint density at radius 3 is 2.58 bits per heavy atom. The van der Waals surface area contributed by atoms with E-state index in [1.54, 1.807) is 10.9 Å². The average Bonchev–Trinajstić information content (AvgIpc) is 3.47. The molecule has 0 spiro atoms. The van der Waals surface area contributed by atoms with Gasteiger partial charge in [-0.2, -0.15) is 5.10 Å². The molecule has 172 valence electrons. The lowest BCUT2D eigenvalue weighted by Gasteiger charge is -2.32. The van der Waals surface area contributed by atoms with Crippen LogP contribution in [-0.4, -0.2) is 62.7 Å². The van der Waals surface area contributed by atoms with Gasteiger partial charge in [-0.1, -0.05) is 47.9 Å². The maximum atomic E-state index is 13.8. The monoisotopic (exact) mass is 464 g/mol. The number of ketones is 1. The van der Waals surface area contributed by atoms with Crippen molar-refractivity contribution in [3.8, 4) is 11.3 Å². The number of rotatable bonds is 5. The SMILES string of the molecule is Cc1ccc(-c2c(C(=O)c3c(Cl)ncnc3N3CC[C@H](N4CCCCC4)C3)cnn2C)cc1. The molecule has 0 amide bonds. The summed E-state index contributed by atoms with van der Waals surface area (Å²) in [5.74, 6) is 0.430. The van der Waals surface area contributed by atoms with Crippen molar-refractivity contribution in [3.63, 3.8) is 0 Å². The van der Waals surface area contributed by atoms with Crippen molar-refractivity contribution >= 4 is 23.2 Å². The predicted octanol–water partition coefficient (Wildman–Crippen LogP) is 4.13. The van der Waals surface area contributed by atoms with E-state index in [1.165, 1.54) is 25.6 Å². The summed E-state index contributed by atoms with van der Waals surface area (Å²) in [5.41, 5.74) is 3.72. The van der Waals surface area contributed by atoms with Crippen LogP contribution in [0.3, 0.4) is 0 Å². The van der Waals surface area contributed by atoms with Gasteiger partial charge in [-0.3, -0.25) is 14.4 Å². The molecule has 2 aromatic heterocycles. The molecule has 1 atom stereocenters. The molecule has 0 N–H and O–H groups in total. The fraction of sp³-hybridized carbons (Fsp3) is 0.440. The summed E-state index contributed by atoms with van der Waals surface area (Å²) >= 11 is 6.53. The molecule has 4 heterocycles. The third kappa shape index (κ3) is 4.27. The second kappa shape index (κ2) is 9.23. The van der Waals surface area contributed by atoms with Gasteiger partial charge in [-0.15, -0.1) is 0 Å². The molecule has 2 aliphatic heterocycles. The van der Waals surface area contributed by atoms with Crippen molar-refractivity contribution in [2.45, 2.75) is 38.6 Å². The Labute approximate surface area is 199 Å². The van der Waals surface area contributed by atoms with Gasteiger partial charge in [0.1, 0.15) is 22.9 Å². The normalized spacial score (nSPS) is 19.2. The summed E-state index contributed by atoms with van der Waals surface area (Å²) in [7, 11) is 1.85. The maximum Gasteiger partial charge on any atom is 0.203 e. The van der Waals surface area contributed by atoms with E-state index in [0.717, 1.165) is 49.4 Å². The number of hydrogen-bond donors (Lipinski definition) is 0. The first-order valence-corrected chi connectivity index (χ1v) is 12.0. The second-order valence-corrected chi connectivity index (χ2v) is 9.43. The number of hydrogen-bond acceptors (Lipinski definition) is 6. The predicted molar refractivity (Wildman–Crippen MR) is 130 cm³/mol. The number of anilines is 1. The minimum Gasteiger partial charge on any atom is -0.354 e. The number of halogens is 1. The van der Waals surface area contributed by atoms with Crippen LogP contribution in [0.2, 0.25) is 5.15 Å². The van der Waals surface area contributed by atoms with Crippen LogP contribution in [0.4, 0.5) is 5.82 Å². The highest BCUT2D eigenvalue weighted by molar-refractivity contribution is 6.35. The third-order valence-corrected chi connectivity index (χ3v) is 7.17. The lowest BCUT2D eigenvalue weighted by Crippen LogP contribution is -2.41. The average molecular weight is 465 g/mol. The van der Waals surface area contributed by atoms with E-state index in [0.29, 0.717) is 23.0 Å². The fourth-order valence-electron chi connectivity index (χ4n) is 5.10. The quantitative estimate of drug-likeness (QED) is 0.417. The molecule has 0 bridgehead atoms. The Bertz CT molecular complexity index is 1150. The van der Waals surface area contributed by atoms with E-state index in [2.05, 4.69) is 24.9 Å². The molecular weight excluding hydrogens is 436 g/mol. The number of aromatic nitrogens is 4. The Morgan fingerprint density at radius 1 is 1.06 bits per heavy atom. The lowest BCUT2D eigenvalue weighted by atomic mass is 10.0. The molecule has 2 fully saturated rings. The highest BCUT2D eigenvalue weighted by Gasteiger charge is 2.33. The zero-order valence-electron chi connectivity index (χ0n) is 19.2. The number of carbonyl (C=O) groups excluding carboxylic acids is 1. The molecule has 5 rings (SSSR count). The van der Waals surface area contributed by atoms with Crippen LogP contribution < -0.4 is 4.90 Å².